The smallest absolute Gasteiger partial charge is 0.326 e. The number of ether oxygens (including phenoxy) is 1. The minimum absolute atomic E-state index is 0.175. The molecule has 0 unspecified atom stereocenters. The van der Waals surface area contributed by atoms with Gasteiger partial charge in [0, 0.05) is 24.7 Å². The maximum absolute atomic E-state index is 12.4. The molecule has 0 aliphatic carbocycles. The van der Waals surface area contributed by atoms with Crippen LogP contribution in [0.5, 0.6) is 5.75 Å². The maximum atomic E-state index is 12.4. The number of anilines is 1. The van der Waals surface area contributed by atoms with Crippen molar-refractivity contribution in [1.82, 2.24) is 5.32 Å². The Kier molecular flexibility index (Phi) is 7.05. The summed E-state index contributed by atoms with van der Waals surface area (Å²) in [6.07, 6.45) is 0.175. The summed E-state index contributed by atoms with van der Waals surface area (Å²) in [4.78, 5) is 24.1. The van der Waals surface area contributed by atoms with E-state index in [1.807, 2.05) is 42.5 Å². The quantitative estimate of drug-likeness (QED) is 0.506. The summed E-state index contributed by atoms with van der Waals surface area (Å²) in [6, 6.07) is 22.9. The van der Waals surface area contributed by atoms with Gasteiger partial charge in [-0.3, -0.25) is 4.79 Å². The van der Waals surface area contributed by atoms with Gasteiger partial charge < -0.3 is 20.5 Å². The van der Waals surface area contributed by atoms with Crippen molar-refractivity contribution in [2.24, 2.45) is 0 Å². The molecule has 0 fully saturated rings. The predicted octanol–water partition coefficient (Wildman–Crippen LogP) is 3.73. The monoisotopic (exact) mass is 404 g/mol. The number of carbonyl (C=O) groups is 2. The van der Waals surface area contributed by atoms with Crippen LogP contribution in [0.3, 0.4) is 0 Å². The van der Waals surface area contributed by atoms with Crippen LogP contribution < -0.4 is 15.4 Å². The van der Waals surface area contributed by atoms with Crippen LogP contribution in [0.2, 0.25) is 0 Å². The highest BCUT2D eigenvalue weighted by Gasteiger charge is 2.21. The highest BCUT2D eigenvalue weighted by Crippen LogP contribution is 2.16. The number of amides is 1. The molecule has 3 N–H and O–H groups in total. The van der Waals surface area contributed by atoms with Gasteiger partial charge in [-0.25, -0.2) is 4.79 Å². The van der Waals surface area contributed by atoms with Crippen LogP contribution in [0.15, 0.2) is 78.9 Å². The summed E-state index contributed by atoms with van der Waals surface area (Å²) in [5.74, 6) is -0.810. The lowest BCUT2D eigenvalue weighted by molar-refractivity contribution is -0.139. The number of nitrogens with one attached hydrogen (secondary N) is 2. The summed E-state index contributed by atoms with van der Waals surface area (Å²) < 4.78 is 5.75. The zero-order chi connectivity index (χ0) is 21.3. The molecule has 0 aliphatic rings. The van der Waals surface area contributed by atoms with E-state index in [9.17, 15) is 14.7 Å². The van der Waals surface area contributed by atoms with Crippen LogP contribution >= 0.6 is 0 Å². The number of carboxylic acids is 1. The number of aliphatic carboxylic acids is 1. The Morgan fingerprint density at radius 1 is 0.900 bits per heavy atom. The van der Waals surface area contributed by atoms with Gasteiger partial charge in [-0.2, -0.15) is 0 Å². The summed E-state index contributed by atoms with van der Waals surface area (Å²) in [5, 5.41) is 15.1. The van der Waals surface area contributed by atoms with Crippen molar-refractivity contribution >= 4 is 17.6 Å². The number of benzene rings is 3. The van der Waals surface area contributed by atoms with Gasteiger partial charge in [-0.15, -0.1) is 0 Å². The second-order valence-corrected chi connectivity index (χ2v) is 6.81. The van der Waals surface area contributed by atoms with Crippen molar-refractivity contribution in [3.63, 3.8) is 0 Å². The van der Waals surface area contributed by atoms with Gasteiger partial charge in [0.25, 0.3) is 5.91 Å². The molecule has 6 heteroatoms. The lowest BCUT2D eigenvalue weighted by Crippen LogP contribution is -2.42. The summed E-state index contributed by atoms with van der Waals surface area (Å²) in [5.41, 5.74) is 3.14. The molecule has 0 bridgehead atoms. The molecule has 6 nitrogen and oxygen atoms in total. The van der Waals surface area contributed by atoms with E-state index in [0.29, 0.717) is 17.9 Å². The van der Waals surface area contributed by atoms with E-state index < -0.39 is 17.9 Å². The van der Waals surface area contributed by atoms with Crippen molar-refractivity contribution < 1.29 is 19.4 Å². The average molecular weight is 404 g/mol. The van der Waals surface area contributed by atoms with E-state index in [2.05, 4.69) is 10.6 Å². The Morgan fingerprint density at radius 2 is 1.57 bits per heavy atom. The van der Waals surface area contributed by atoms with Crippen LogP contribution in [0.1, 0.15) is 21.5 Å². The number of hydrogen-bond acceptors (Lipinski definition) is 4. The summed E-state index contributed by atoms with van der Waals surface area (Å²) in [7, 11) is 1.79. The van der Waals surface area contributed by atoms with E-state index in [-0.39, 0.29) is 6.42 Å². The van der Waals surface area contributed by atoms with Gasteiger partial charge in [0.2, 0.25) is 0 Å². The molecule has 0 spiro atoms. The second-order valence-electron chi connectivity index (χ2n) is 6.81. The molecule has 154 valence electrons. The molecule has 0 saturated carbocycles. The Hall–Kier alpha value is -3.80. The Labute approximate surface area is 175 Å². The largest absolute Gasteiger partial charge is 0.489 e. The van der Waals surface area contributed by atoms with Gasteiger partial charge >= 0.3 is 5.97 Å². The molecular formula is C24H24N2O4. The summed E-state index contributed by atoms with van der Waals surface area (Å²) >= 11 is 0. The molecule has 1 amide bonds. The first-order valence-electron chi connectivity index (χ1n) is 9.62. The Balaban J connectivity index is 1.58. The molecule has 0 heterocycles. The molecule has 3 rings (SSSR count). The first kappa shape index (κ1) is 20.9. The third-order valence-corrected chi connectivity index (χ3v) is 4.65. The first-order valence-corrected chi connectivity index (χ1v) is 9.62. The van der Waals surface area contributed by atoms with Crippen LogP contribution in [0.25, 0.3) is 0 Å². The fourth-order valence-electron chi connectivity index (χ4n) is 2.93. The van der Waals surface area contributed by atoms with Gasteiger partial charge in [0.15, 0.2) is 0 Å². The van der Waals surface area contributed by atoms with E-state index in [1.165, 1.54) is 0 Å². The topological polar surface area (TPSA) is 87.7 Å². The van der Waals surface area contributed by atoms with Crippen molar-refractivity contribution in [2.45, 2.75) is 19.1 Å². The highest BCUT2D eigenvalue weighted by molar-refractivity contribution is 5.96. The maximum Gasteiger partial charge on any atom is 0.326 e. The molecule has 0 saturated heterocycles. The summed E-state index contributed by atoms with van der Waals surface area (Å²) in [6.45, 7) is 0.459. The van der Waals surface area contributed by atoms with Gasteiger partial charge in [-0.1, -0.05) is 42.5 Å². The van der Waals surface area contributed by atoms with Crippen molar-refractivity contribution in [3.8, 4) is 5.75 Å². The van der Waals surface area contributed by atoms with Gasteiger partial charge in [0.1, 0.15) is 18.4 Å². The second kappa shape index (κ2) is 10.1. The molecule has 0 radical (unpaired) electrons. The molecule has 1 atom stereocenters. The molecule has 3 aromatic rings. The van der Waals surface area contributed by atoms with E-state index >= 15 is 0 Å². The van der Waals surface area contributed by atoms with Crippen molar-refractivity contribution in [1.29, 1.82) is 0 Å². The van der Waals surface area contributed by atoms with Crippen molar-refractivity contribution in [3.05, 3.63) is 95.6 Å². The van der Waals surface area contributed by atoms with Crippen LogP contribution in [-0.4, -0.2) is 30.1 Å². The number of hydrogen-bond donors (Lipinski definition) is 3. The van der Waals surface area contributed by atoms with Crippen LogP contribution in [0, 0.1) is 0 Å². The number of carboxylic acid groups (broad SMARTS) is 1. The fraction of sp³-hybridized carbons (Fsp3) is 0.167. The molecule has 30 heavy (non-hydrogen) atoms. The normalized spacial score (nSPS) is 11.4. The van der Waals surface area contributed by atoms with Crippen LogP contribution in [-0.2, 0) is 17.8 Å². The minimum atomic E-state index is -1.08. The molecule has 0 aromatic heterocycles. The minimum Gasteiger partial charge on any atom is -0.489 e. The van der Waals surface area contributed by atoms with Crippen LogP contribution in [0.4, 0.5) is 5.69 Å². The molecule has 3 aromatic carbocycles. The zero-order valence-corrected chi connectivity index (χ0v) is 16.7. The van der Waals surface area contributed by atoms with Crippen molar-refractivity contribution in [2.75, 3.05) is 12.4 Å². The first-order chi connectivity index (χ1) is 14.5. The lowest BCUT2D eigenvalue weighted by atomic mass is 10.1. The third-order valence-electron chi connectivity index (χ3n) is 4.65. The molecular weight excluding hydrogens is 380 g/mol. The fourth-order valence-corrected chi connectivity index (χ4v) is 2.93. The van der Waals surface area contributed by atoms with Gasteiger partial charge in [0.05, 0.1) is 0 Å². The van der Waals surface area contributed by atoms with Gasteiger partial charge in [-0.05, 0) is 47.5 Å². The highest BCUT2D eigenvalue weighted by atomic mass is 16.5. The average Bonchev–Trinajstić information content (AvgIpc) is 2.78. The van der Waals surface area contributed by atoms with E-state index in [1.54, 1.807) is 43.4 Å². The third kappa shape index (κ3) is 5.85. The zero-order valence-electron chi connectivity index (χ0n) is 16.7. The number of carbonyl (C=O) groups excluding carboxylic acids is 1. The SMILES string of the molecule is CNc1ccc(C(=O)N[C@@H](Cc2ccc(OCc3ccccc3)cc2)C(=O)O)cc1. The Morgan fingerprint density at radius 3 is 2.17 bits per heavy atom. The lowest BCUT2D eigenvalue weighted by Gasteiger charge is -2.15. The van der Waals surface area contributed by atoms with E-state index in [4.69, 9.17) is 4.74 Å². The number of rotatable bonds is 9. The predicted molar refractivity (Wildman–Crippen MR) is 116 cm³/mol. The van der Waals surface area contributed by atoms with E-state index in [0.717, 1.165) is 16.8 Å². The standard InChI is InChI=1S/C24H24N2O4/c1-25-20-11-9-19(10-12-20)23(27)26-22(24(28)29)15-17-7-13-21(14-8-17)30-16-18-5-3-2-4-6-18/h2-14,22,25H,15-16H2,1H3,(H,26,27)(H,28,29)/t22-/m0/s1. The molecule has 0 aliphatic heterocycles. The Bertz CT molecular complexity index is 970.